The molecule has 340 valence electrons. The average Bonchev–Trinajstić information content (AvgIpc) is 3.82. The van der Waals surface area contributed by atoms with E-state index < -0.39 is 40.7 Å². The van der Waals surface area contributed by atoms with Gasteiger partial charge in [-0.05, 0) is 111 Å². The van der Waals surface area contributed by atoms with Crippen molar-refractivity contribution < 1.29 is 28.3 Å². The number of aromatic nitrogens is 2. The van der Waals surface area contributed by atoms with Crippen molar-refractivity contribution in [3.8, 4) is 0 Å². The van der Waals surface area contributed by atoms with Crippen LogP contribution in [0.3, 0.4) is 0 Å². The molecule has 1 unspecified atom stereocenters. The molecule has 16 heteroatoms. The number of amides is 4. The van der Waals surface area contributed by atoms with Gasteiger partial charge in [-0.15, -0.1) is 0 Å². The summed E-state index contributed by atoms with van der Waals surface area (Å²) < 4.78 is 25.4. The number of hydrogen-bond donors (Lipinski definition) is 4. The number of fused-ring (bicyclic) bond motifs is 4. The summed E-state index contributed by atoms with van der Waals surface area (Å²) in [4.78, 5) is 69.0. The van der Waals surface area contributed by atoms with E-state index in [1.807, 2.05) is 24.3 Å². The SMILES string of the molecule is CN(CCOCCc1ccc2c(c1)n(C)c(=O)n2C1CCC(=O)NC1=O)CC1CCC(NC(=O)[C@@H]2NC3(CCCCC3)[C@@]3(C(=O)Nc4cc(Cl)ccc43)[C@H]2c2cccc(Cl)c2F)CC1. The minimum atomic E-state index is -1.27. The number of nitrogens with one attached hydrogen (secondary N) is 4. The summed E-state index contributed by atoms with van der Waals surface area (Å²) in [7, 11) is 3.79. The monoisotopic (exact) mass is 915 g/mol. The Hall–Kier alpha value is -4.60. The van der Waals surface area contributed by atoms with E-state index in [0.29, 0.717) is 61.0 Å². The van der Waals surface area contributed by atoms with E-state index in [4.69, 9.17) is 27.9 Å². The maximum absolute atomic E-state index is 16.3. The number of hydrogen-bond acceptors (Lipinski definition) is 8. The molecule has 4 N–H and O–H groups in total. The number of imide groups is 1. The Labute approximate surface area is 381 Å². The molecule has 3 aromatic carbocycles. The minimum Gasteiger partial charge on any atom is -0.380 e. The van der Waals surface area contributed by atoms with Crippen molar-refractivity contribution in [2.75, 3.05) is 38.7 Å². The number of nitrogens with zero attached hydrogens (tertiary/aromatic N) is 3. The lowest BCUT2D eigenvalue weighted by atomic mass is 9.55. The van der Waals surface area contributed by atoms with Gasteiger partial charge in [0.1, 0.15) is 17.3 Å². The fourth-order valence-electron chi connectivity index (χ4n) is 11.8. The predicted octanol–water partition coefficient (Wildman–Crippen LogP) is 6.28. The third kappa shape index (κ3) is 7.86. The smallest absolute Gasteiger partial charge is 0.329 e. The molecule has 4 amide bonds. The number of carbonyl (C=O) groups excluding carboxylic acids is 4. The number of imidazole rings is 1. The lowest BCUT2D eigenvalue weighted by Gasteiger charge is -2.47. The zero-order valence-corrected chi connectivity index (χ0v) is 37.8. The summed E-state index contributed by atoms with van der Waals surface area (Å²) in [6.45, 7) is 2.75. The van der Waals surface area contributed by atoms with Crippen LogP contribution in [0, 0.1) is 11.7 Å². The second-order valence-corrected chi connectivity index (χ2v) is 19.5. The minimum absolute atomic E-state index is 0.0494. The molecule has 1 aromatic heterocycles. The van der Waals surface area contributed by atoms with Gasteiger partial charge in [0.05, 0.1) is 35.3 Å². The third-order valence-corrected chi connectivity index (χ3v) is 15.4. The van der Waals surface area contributed by atoms with Gasteiger partial charge in [-0.1, -0.05) is 66.7 Å². The molecule has 0 bridgehead atoms. The predicted molar refractivity (Wildman–Crippen MR) is 243 cm³/mol. The molecular formula is C48H56Cl2FN7O6. The van der Waals surface area contributed by atoms with E-state index in [0.717, 1.165) is 74.7 Å². The second-order valence-electron chi connectivity index (χ2n) is 18.7. The normalized spacial score (nSPS) is 26.5. The van der Waals surface area contributed by atoms with Gasteiger partial charge in [0.15, 0.2) is 0 Å². The molecule has 13 nitrogen and oxygen atoms in total. The van der Waals surface area contributed by atoms with Crippen LogP contribution in [-0.2, 0) is 42.8 Å². The molecule has 4 aromatic rings. The van der Waals surface area contributed by atoms with Gasteiger partial charge in [-0.3, -0.25) is 38.9 Å². The van der Waals surface area contributed by atoms with Crippen molar-refractivity contribution in [2.45, 2.75) is 112 Å². The zero-order valence-electron chi connectivity index (χ0n) is 36.3. The topological polar surface area (TPSA) is 156 Å². The van der Waals surface area contributed by atoms with E-state index in [-0.39, 0.29) is 46.5 Å². The molecular weight excluding hydrogens is 860 g/mol. The van der Waals surface area contributed by atoms with Crippen molar-refractivity contribution in [2.24, 2.45) is 13.0 Å². The van der Waals surface area contributed by atoms with Crippen LogP contribution in [-0.4, -0.2) is 88.6 Å². The van der Waals surface area contributed by atoms with Gasteiger partial charge in [0.2, 0.25) is 23.6 Å². The van der Waals surface area contributed by atoms with Crippen LogP contribution >= 0.6 is 23.2 Å². The molecule has 2 saturated carbocycles. The van der Waals surface area contributed by atoms with Gasteiger partial charge >= 0.3 is 5.69 Å². The molecule has 3 aliphatic heterocycles. The first-order chi connectivity index (χ1) is 30.8. The van der Waals surface area contributed by atoms with Crippen LogP contribution in [0.1, 0.15) is 99.3 Å². The van der Waals surface area contributed by atoms with Gasteiger partial charge < -0.3 is 20.3 Å². The van der Waals surface area contributed by atoms with E-state index in [9.17, 15) is 24.0 Å². The molecule has 2 aliphatic carbocycles. The number of likely N-dealkylation sites (N-methyl/N-ethyl adjacent to an activating group) is 1. The number of rotatable bonds is 12. The van der Waals surface area contributed by atoms with Gasteiger partial charge in [-0.2, -0.15) is 0 Å². The third-order valence-electron chi connectivity index (χ3n) is 14.9. The first-order valence-corrected chi connectivity index (χ1v) is 23.5. The number of anilines is 1. The standard InChI is InChI=1S/C48H56Cl2FN7O6/c1-56(22-24-64-23-19-28-11-16-36-38(25-28)57(2)46(63)58(36)37-17-18-39(59)54-43(37)60)27-29-9-13-31(14-10-29)52-44(61)42-40(32-7-6-8-34(50)41(32)51)48(47(55-42)20-4-3-5-21-47)33-15-12-30(49)26-35(33)53-45(48)62/h6-8,11-12,15-16,25-26,29,31,37,40,42,55H,3-5,9-10,13-14,17-24,27H2,1-2H3,(H,52,61)(H,53,62)(H,54,59,60)/t29?,31?,37?,40-,42+,48+/m0/s1. The number of benzene rings is 3. The molecule has 2 spiro atoms. The average molecular weight is 917 g/mol. The summed E-state index contributed by atoms with van der Waals surface area (Å²) in [6, 6.07) is 14.4. The fourth-order valence-corrected chi connectivity index (χ4v) is 12.2. The van der Waals surface area contributed by atoms with Crippen LogP contribution in [0.15, 0.2) is 59.4 Å². The molecule has 2 saturated heterocycles. The van der Waals surface area contributed by atoms with Crippen molar-refractivity contribution in [3.05, 3.63) is 97.6 Å². The van der Waals surface area contributed by atoms with Gasteiger partial charge in [-0.25, -0.2) is 9.18 Å². The van der Waals surface area contributed by atoms with E-state index in [1.165, 1.54) is 10.6 Å². The van der Waals surface area contributed by atoms with Crippen LogP contribution in [0.5, 0.6) is 0 Å². The number of ether oxygens (including phenoxy) is 1. The first kappa shape index (κ1) is 44.6. The number of halogens is 3. The lowest BCUT2D eigenvalue weighted by Crippen LogP contribution is -2.60. The molecule has 0 radical (unpaired) electrons. The summed E-state index contributed by atoms with van der Waals surface area (Å²) in [5.41, 5.74) is 1.65. The largest absolute Gasteiger partial charge is 0.380 e. The van der Waals surface area contributed by atoms with Crippen LogP contribution < -0.4 is 27.0 Å². The summed E-state index contributed by atoms with van der Waals surface area (Å²) >= 11 is 12.8. The van der Waals surface area contributed by atoms with Gasteiger partial charge in [0, 0.05) is 54.8 Å². The Morgan fingerprint density at radius 1 is 0.938 bits per heavy atom. The molecule has 4 atom stereocenters. The number of aryl methyl sites for hydroxylation is 1. The first-order valence-electron chi connectivity index (χ1n) is 22.7. The van der Waals surface area contributed by atoms with Crippen molar-refractivity contribution >= 4 is 63.6 Å². The summed E-state index contributed by atoms with van der Waals surface area (Å²) in [5.74, 6) is -2.26. The highest BCUT2D eigenvalue weighted by atomic mass is 35.5. The second kappa shape index (κ2) is 18.0. The van der Waals surface area contributed by atoms with Crippen molar-refractivity contribution in [1.82, 2.24) is 30.0 Å². The van der Waals surface area contributed by atoms with Crippen LogP contribution in [0.25, 0.3) is 11.0 Å². The van der Waals surface area contributed by atoms with E-state index >= 15 is 4.39 Å². The lowest BCUT2D eigenvalue weighted by molar-refractivity contribution is -0.136. The Morgan fingerprint density at radius 2 is 1.72 bits per heavy atom. The molecule has 5 aliphatic rings. The number of piperidine rings is 1. The van der Waals surface area contributed by atoms with Crippen LogP contribution in [0.2, 0.25) is 10.0 Å². The zero-order chi connectivity index (χ0) is 44.9. The highest BCUT2D eigenvalue weighted by Crippen LogP contribution is 2.63. The molecule has 64 heavy (non-hydrogen) atoms. The quantitative estimate of drug-likeness (QED) is 0.0958. The Kier molecular flexibility index (Phi) is 12.5. The molecule has 9 rings (SSSR count). The molecule has 4 heterocycles. The number of carbonyl (C=O) groups is 4. The summed E-state index contributed by atoms with van der Waals surface area (Å²) in [5, 5.41) is 13.0. The van der Waals surface area contributed by atoms with Crippen molar-refractivity contribution in [3.63, 3.8) is 0 Å². The van der Waals surface area contributed by atoms with Crippen LogP contribution in [0.4, 0.5) is 10.1 Å². The highest BCUT2D eigenvalue weighted by molar-refractivity contribution is 6.31. The van der Waals surface area contributed by atoms with Gasteiger partial charge in [0.25, 0.3) is 0 Å². The van der Waals surface area contributed by atoms with E-state index in [1.54, 1.807) is 35.9 Å². The van der Waals surface area contributed by atoms with E-state index in [2.05, 4.69) is 33.2 Å². The molecule has 4 fully saturated rings. The Bertz CT molecular complexity index is 2550. The highest BCUT2D eigenvalue weighted by Gasteiger charge is 2.72. The van der Waals surface area contributed by atoms with Crippen molar-refractivity contribution in [1.29, 1.82) is 0 Å². The fraction of sp³-hybridized carbons (Fsp3) is 0.521. The Balaban J connectivity index is 0.795. The maximum Gasteiger partial charge on any atom is 0.329 e. The maximum atomic E-state index is 16.3. The Morgan fingerprint density at radius 3 is 2.48 bits per heavy atom. The summed E-state index contributed by atoms with van der Waals surface area (Å²) in [6.07, 6.45) is 8.77.